The first-order valence-corrected chi connectivity index (χ1v) is 14.1. The van der Waals surface area contributed by atoms with Crippen molar-refractivity contribution in [2.75, 3.05) is 6.61 Å². The summed E-state index contributed by atoms with van der Waals surface area (Å²) in [6.07, 6.45) is 26.8. The summed E-state index contributed by atoms with van der Waals surface area (Å²) in [7, 11) is 0. The van der Waals surface area contributed by atoms with Crippen LogP contribution in [0.3, 0.4) is 0 Å². The van der Waals surface area contributed by atoms with Crippen LogP contribution in [-0.4, -0.2) is 12.7 Å². The Morgan fingerprint density at radius 1 is 0.812 bits per heavy atom. The molecule has 0 unspecified atom stereocenters. The summed E-state index contributed by atoms with van der Waals surface area (Å²) < 4.78 is 6.14. The number of hydrogen-bond donors (Lipinski definition) is 0. The van der Waals surface area contributed by atoms with Gasteiger partial charge in [-0.15, -0.1) is 0 Å². The Balaban J connectivity index is 1.22. The molecule has 1 heteroatoms. The van der Waals surface area contributed by atoms with Gasteiger partial charge in [0.15, 0.2) is 0 Å². The summed E-state index contributed by atoms with van der Waals surface area (Å²) >= 11 is 0. The van der Waals surface area contributed by atoms with Crippen LogP contribution < -0.4 is 0 Å². The van der Waals surface area contributed by atoms with Crippen molar-refractivity contribution >= 4 is 0 Å². The maximum Gasteiger partial charge on any atom is 0.0651 e. The van der Waals surface area contributed by atoms with Crippen LogP contribution in [0.1, 0.15) is 134 Å². The lowest BCUT2D eigenvalue weighted by Crippen LogP contribution is -2.44. The van der Waals surface area contributed by atoms with Gasteiger partial charge in [0.05, 0.1) is 12.7 Å². The fourth-order valence-corrected chi connectivity index (χ4v) is 7.16. The Morgan fingerprint density at radius 2 is 1.50 bits per heavy atom. The fourth-order valence-electron chi connectivity index (χ4n) is 7.16. The molecule has 1 aromatic rings. The molecule has 4 fully saturated rings. The molecule has 0 N–H and O–H groups in total. The van der Waals surface area contributed by atoms with E-state index in [9.17, 15) is 0 Å². The minimum absolute atomic E-state index is 0.470. The second kappa shape index (κ2) is 11.4. The third kappa shape index (κ3) is 5.69. The normalized spacial score (nSPS) is 32.6. The Bertz CT molecular complexity index is 682. The smallest absolute Gasteiger partial charge is 0.0651 e. The summed E-state index contributed by atoms with van der Waals surface area (Å²) in [5.74, 6) is 0.737. The average Bonchev–Trinajstić information content (AvgIpc) is 2.85. The first-order chi connectivity index (χ1) is 15.7. The summed E-state index contributed by atoms with van der Waals surface area (Å²) in [5, 5.41) is 0. The number of unbranched alkanes of at least 4 members (excludes halogenated alkanes) is 3. The molecule has 0 aromatic heterocycles. The monoisotopic (exact) mass is 436 g/mol. The van der Waals surface area contributed by atoms with Crippen LogP contribution in [0.2, 0.25) is 0 Å². The average molecular weight is 437 g/mol. The second-order valence-corrected chi connectivity index (χ2v) is 11.4. The highest BCUT2D eigenvalue weighted by Crippen LogP contribution is 2.59. The van der Waals surface area contributed by atoms with Gasteiger partial charge >= 0.3 is 0 Å². The van der Waals surface area contributed by atoms with Crippen molar-refractivity contribution in [2.24, 2.45) is 5.41 Å². The zero-order valence-electron chi connectivity index (χ0n) is 21.0. The second-order valence-electron chi connectivity index (χ2n) is 11.4. The Kier molecular flexibility index (Phi) is 8.55. The molecule has 32 heavy (non-hydrogen) atoms. The SMILES string of the molecule is CCCCCC=CCOC1CCC(c2ccc(C34CCC(CCC)(CC3)CC4)cc2)CC1. The third-order valence-electron chi connectivity index (χ3n) is 9.42. The van der Waals surface area contributed by atoms with Crippen molar-refractivity contribution < 1.29 is 4.74 Å². The Morgan fingerprint density at radius 3 is 2.12 bits per heavy atom. The molecule has 0 atom stereocenters. The van der Waals surface area contributed by atoms with Crippen LogP contribution in [0, 0.1) is 5.41 Å². The Labute approximate surface area is 198 Å². The highest BCUT2D eigenvalue weighted by Gasteiger charge is 2.48. The molecule has 4 aliphatic rings. The minimum atomic E-state index is 0.470. The summed E-state index contributed by atoms with van der Waals surface area (Å²) in [4.78, 5) is 0. The maximum absolute atomic E-state index is 6.14. The first-order valence-electron chi connectivity index (χ1n) is 14.1. The number of hydrogen-bond acceptors (Lipinski definition) is 1. The zero-order chi connectivity index (χ0) is 22.3. The number of ether oxygens (including phenoxy) is 1. The summed E-state index contributed by atoms with van der Waals surface area (Å²) in [5.41, 5.74) is 4.44. The lowest BCUT2D eigenvalue weighted by atomic mass is 9.51. The van der Waals surface area contributed by atoms with Crippen LogP contribution in [0.4, 0.5) is 0 Å². The van der Waals surface area contributed by atoms with Crippen molar-refractivity contribution in [3.63, 3.8) is 0 Å². The van der Waals surface area contributed by atoms with Gasteiger partial charge < -0.3 is 4.74 Å². The quantitative estimate of drug-likeness (QED) is 0.248. The molecule has 0 spiro atoms. The number of rotatable bonds is 11. The van der Waals surface area contributed by atoms with Gasteiger partial charge in [-0.05, 0) is 111 Å². The van der Waals surface area contributed by atoms with E-state index in [2.05, 4.69) is 50.3 Å². The van der Waals surface area contributed by atoms with Gasteiger partial charge in [0.1, 0.15) is 0 Å². The predicted molar refractivity (Wildman–Crippen MR) is 137 cm³/mol. The van der Waals surface area contributed by atoms with Gasteiger partial charge in [0.2, 0.25) is 0 Å². The first kappa shape index (κ1) is 24.1. The van der Waals surface area contributed by atoms with Crippen molar-refractivity contribution in [3.8, 4) is 0 Å². The molecule has 0 heterocycles. The number of allylic oxidation sites excluding steroid dienone is 1. The van der Waals surface area contributed by atoms with E-state index in [1.807, 2.05) is 0 Å². The molecule has 0 saturated heterocycles. The molecule has 1 aromatic carbocycles. The minimum Gasteiger partial charge on any atom is -0.374 e. The van der Waals surface area contributed by atoms with Gasteiger partial charge in [0, 0.05) is 0 Å². The van der Waals surface area contributed by atoms with E-state index in [0.717, 1.165) is 12.5 Å². The van der Waals surface area contributed by atoms with E-state index in [1.54, 1.807) is 11.1 Å². The third-order valence-corrected chi connectivity index (χ3v) is 9.42. The van der Waals surface area contributed by atoms with E-state index in [1.165, 1.54) is 103 Å². The van der Waals surface area contributed by atoms with Crippen LogP contribution in [-0.2, 0) is 10.2 Å². The van der Waals surface area contributed by atoms with Gasteiger partial charge in [-0.2, -0.15) is 0 Å². The van der Waals surface area contributed by atoms with Crippen molar-refractivity contribution in [1.29, 1.82) is 0 Å². The highest BCUT2D eigenvalue weighted by molar-refractivity contribution is 5.33. The maximum atomic E-state index is 6.14. The van der Waals surface area contributed by atoms with Gasteiger partial charge in [-0.3, -0.25) is 0 Å². The van der Waals surface area contributed by atoms with Crippen molar-refractivity contribution in [3.05, 3.63) is 47.5 Å². The lowest BCUT2D eigenvalue weighted by Gasteiger charge is -2.54. The predicted octanol–water partition coefficient (Wildman–Crippen LogP) is 9.26. The number of fused-ring (bicyclic) bond motifs is 3. The van der Waals surface area contributed by atoms with Gasteiger partial charge in [0.25, 0.3) is 0 Å². The van der Waals surface area contributed by atoms with E-state index in [4.69, 9.17) is 4.74 Å². The molecule has 0 radical (unpaired) electrons. The van der Waals surface area contributed by atoms with E-state index < -0.39 is 0 Å². The van der Waals surface area contributed by atoms with Crippen molar-refractivity contribution in [1.82, 2.24) is 0 Å². The van der Waals surface area contributed by atoms with E-state index in [-0.39, 0.29) is 0 Å². The molecular weight excluding hydrogens is 388 g/mol. The topological polar surface area (TPSA) is 9.23 Å². The molecule has 5 rings (SSSR count). The molecule has 0 aliphatic heterocycles. The fraction of sp³-hybridized carbons (Fsp3) is 0.742. The highest BCUT2D eigenvalue weighted by atomic mass is 16.5. The van der Waals surface area contributed by atoms with Crippen LogP contribution in [0.25, 0.3) is 0 Å². The summed E-state index contributed by atoms with van der Waals surface area (Å²) in [6.45, 7) is 5.44. The van der Waals surface area contributed by atoms with Crippen LogP contribution in [0.15, 0.2) is 36.4 Å². The molecule has 178 valence electrons. The zero-order valence-corrected chi connectivity index (χ0v) is 21.0. The molecule has 4 saturated carbocycles. The van der Waals surface area contributed by atoms with Crippen LogP contribution >= 0.6 is 0 Å². The van der Waals surface area contributed by atoms with Crippen molar-refractivity contribution in [2.45, 2.75) is 134 Å². The largest absolute Gasteiger partial charge is 0.374 e. The molecule has 2 bridgehead atoms. The van der Waals surface area contributed by atoms with E-state index >= 15 is 0 Å². The van der Waals surface area contributed by atoms with E-state index in [0.29, 0.717) is 16.9 Å². The summed E-state index contributed by atoms with van der Waals surface area (Å²) in [6, 6.07) is 9.99. The molecule has 1 nitrogen and oxygen atoms in total. The standard InChI is InChI=1S/C31H48O/c1-3-5-6-7-8-9-25-32-29-16-12-27(13-17-29)26-10-14-28(15-11-26)31-22-19-30(18-4-2,20-23-31)21-24-31/h8-11,14-15,27,29H,3-7,12-13,16-25H2,1-2H3. The molecular formula is C31H48O. The molecule has 4 aliphatic carbocycles. The van der Waals surface area contributed by atoms with Crippen LogP contribution in [0.5, 0.6) is 0 Å². The van der Waals surface area contributed by atoms with Gasteiger partial charge in [-0.1, -0.05) is 69.5 Å². The lowest BCUT2D eigenvalue weighted by molar-refractivity contribution is 0.0320. The molecule has 0 amide bonds. The van der Waals surface area contributed by atoms with Gasteiger partial charge in [-0.25, -0.2) is 0 Å². The Hall–Kier alpha value is -1.08. The number of benzene rings is 1.